The van der Waals surface area contributed by atoms with Crippen LogP contribution in [0.4, 0.5) is 5.82 Å². The van der Waals surface area contributed by atoms with Crippen molar-refractivity contribution in [2.45, 2.75) is 18.9 Å². The molecule has 2 aromatic rings. The number of anilines is 1. The van der Waals surface area contributed by atoms with E-state index in [1.54, 1.807) is 0 Å². The van der Waals surface area contributed by atoms with Gasteiger partial charge in [0.2, 0.25) is 0 Å². The Balaban J connectivity index is 2.23. The van der Waals surface area contributed by atoms with Crippen molar-refractivity contribution in [1.82, 2.24) is 4.98 Å². The molecule has 102 valence electrons. The van der Waals surface area contributed by atoms with Crippen LogP contribution in [0.5, 0.6) is 0 Å². The summed E-state index contributed by atoms with van der Waals surface area (Å²) in [6.07, 6.45) is 5.08. The van der Waals surface area contributed by atoms with Crippen molar-refractivity contribution < 1.29 is 0 Å². The number of fused-ring (bicyclic) bond motifs is 1. The number of pyridine rings is 1. The molecule has 1 unspecified atom stereocenters. The number of benzene rings is 1. The van der Waals surface area contributed by atoms with E-state index >= 15 is 0 Å². The Morgan fingerprint density at radius 3 is 2.70 bits per heavy atom. The molecule has 3 rings (SSSR count). The fourth-order valence-electron chi connectivity index (χ4n) is 2.68. The lowest BCUT2D eigenvalue weighted by atomic mass is 9.82. The second kappa shape index (κ2) is 4.76. The van der Waals surface area contributed by atoms with Gasteiger partial charge in [0.25, 0.3) is 0 Å². The molecule has 0 fully saturated rings. The summed E-state index contributed by atoms with van der Waals surface area (Å²) < 4.78 is 0. The van der Waals surface area contributed by atoms with E-state index in [0.29, 0.717) is 0 Å². The first-order valence-corrected chi connectivity index (χ1v) is 6.86. The number of aromatic nitrogens is 1. The highest BCUT2D eigenvalue weighted by molar-refractivity contribution is 5.74. The van der Waals surface area contributed by atoms with E-state index in [2.05, 4.69) is 42.6 Å². The Morgan fingerprint density at radius 1 is 1.25 bits per heavy atom. The molecular weight excluding hydrogens is 246 g/mol. The topological polar surface area (TPSA) is 50.9 Å². The maximum atomic E-state index is 6.45. The smallest absolute Gasteiger partial charge is 0.134 e. The van der Waals surface area contributed by atoms with Crippen molar-refractivity contribution in [2.75, 3.05) is 12.4 Å². The number of hydrogen-bond donors (Lipinski definition) is 2. The van der Waals surface area contributed by atoms with Crippen LogP contribution in [-0.2, 0) is 5.54 Å². The molecule has 1 atom stereocenters. The van der Waals surface area contributed by atoms with Crippen molar-refractivity contribution >= 4 is 11.9 Å². The van der Waals surface area contributed by atoms with Gasteiger partial charge in [0.15, 0.2) is 0 Å². The van der Waals surface area contributed by atoms with Crippen LogP contribution in [0.3, 0.4) is 0 Å². The summed E-state index contributed by atoms with van der Waals surface area (Å²) in [6.45, 7) is 2.07. The highest BCUT2D eigenvalue weighted by Gasteiger charge is 2.28. The molecule has 1 aliphatic rings. The molecule has 1 aromatic heterocycles. The summed E-state index contributed by atoms with van der Waals surface area (Å²) in [5.41, 5.74) is 10.4. The van der Waals surface area contributed by atoms with Gasteiger partial charge >= 0.3 is 0 Å². The predicted octanol–water partition coefficient (Wildman–Crippen LogP) is 3.38. The van der Waals surface area contributed by atoms with Crippen LogP contribution in [0.1, 0.15) is 24.5 Å². The van der Waals surface area contributed by atoms with Crippen molar-refractivity contribution in [3.8, 4) is 11.3 Å². The Hall–Kier alpha value is -2.13. The Morgan fingerprint density at radius 2 is 2.00 bits per heavy atom. The van der Waals surface area contributed by atoms with Crippen LogP contribution in [-0.4, -0.2) is 12.0 Å². The number of hydrogen-bond acceptors (Lipinski definition) is 3. The lowest BCUT2D eigenvalue weighted by Crippen LogP contribution is -2.35. The Kier molecular flexibility index (Phi) is 3.07. The Labute approximate surface area is 119 Å². The zero-order chi connectivity index (χ0) is 14.2. The molecule has 20 heavy (non-hydrogen) atoms. The molecule has 1 heterocycles. The van der Waals surface area contributed by atoms with Gasteiger partial charge < -0.3 is 11.1 Å². The molecule has 1 aromatic carbocycles. The minimum atomic E-state index is -0.345. The zero-order valence-electron chi connectivity index (χ0n) is 11.9. The average molecular weight is 265 g/mol. The standard InChI is InChI=1S/C17H19N3/c1-17(18)10-6-9-13-14(17)11-15(20-16(13)19-2)12-7-4-3-5-8-12/h3-9,11H,10,18H2,1-2H3,(H,19,20). The van der Waals surface area contributed by atoms with Crippen molar-refractivity contribution in [1.29, 1.82) is 0 Å². The van der Waals surface area contributed by atoms with Crippen molar-refractivity contribution in [3.63, 3.8) is 0 Å². The summed E-state index contributed by atoms with van der Waals surface area (Å²) in [6, 6.07) is 12.3. The third-order valence-corrected chi connectivity index (χ3v) is 3.81. The lowest BCUT2D eigenvalue weighted by molar-refractivity contribution is 0.497. The molecule has 0 spiro atoms. The second-order valence-electron chi connectivity index (χ2n) is 5.46. The van der Waals surface area contributed by atoms with E-state index < -0.39 is 0 Å². The quantitative estimate of drug-likeness (QED) is 0.875. The fourth-order valence-corrected chi connectivity index (χ4v) is 2.68. The maximum Gasteiger partial charge on any atom is 0.134 e. The summed E-state index contributed by atoms with van der Waals surface area (Å²) in [4.78, 5) is 4.72. The Bertz CT molecular complexity index is 657. The first-order valence-electron chi connectivity index (χ1n) is 6.86. The second-order valence-corrected chi connectivity index (χ2v) is 5.46. The SMILES string of the molecule is CNc1nc(-c2ccccc2)cc2c1C=CCC2(C)N. The summed E-state index contributed by atoms with van der Waals surface area (Å²) in [7, 11) is 1.90. The molecule has 0 saturated carbocycles. The van der Waals surface area contributed by atoms with Gasteiger partial charge in [-0.05, 0) is 25.0 Å². The highest BCUT2D eigenvalue weighted by atomic mass is 15.0. The van der Waals surface area contributed by atoms with Crippen LogP contribution in [0.2, 0.25) is 0 Å². The van der Waals surface area contributed by atoms with E-state index in [1.807, 2.05) is 25.2 Å². The number of nitrogens with one attached hydrogen (secondary N) is 1. The molecule has 3 nitrogen and oxygen atoms in total. The summed E-state index contributed by atoms with van der Waals surface area (Å²) in [5.74, 6) is 0.883. The molecule has 1 aliphatic carbocycles. The molecular formula is C17H19N3. The van der Waals surface area contributed by atoms with Gasteiger partial charge in [-0.1, -0.05) is 42.5 Å². The summed E-state index contributed by atoms with van der Waals surface area (Å²) >= 11 is 0. The molecule has 0 aliphatic heterocycles. The summed E-state index contributed by atoms with van der Waals surface area (Å²) in [5, 5.41) is 3.19. The number of rotatable bonds is 2. The van der Waals surface area contributed by atoms with E-state index in [-0.39, 0.29) is 5.54 Å². The monoisotopic (exact) mass is 265 g/mol. The predicted molar refractivity (Wildman–Crippen MR) is 84.4 cm³/mol. The molecule has 3 N–H and O–H groups in total. The van der Waals surface area contributed by atoms with E-state index in [0.717, 1.165) is 34.6 Å². The maximum absolute atomic E-state index is 6.45. The van der Waals surface area contributed by atoms with Gasteiger partial charge in [-0.3, -0.25) is 0 Å². The van der Waals surface area contributed by atoms with E-state index in [9.17, 15) is 0 Å². The van der Waals surface area contributed by atoms with Crippen LogP contribution in [0.15, 0.2) is 42.5 Å². The van der Waals surface area contributed by atoms with Crippen LogP contribution in [0, 0.1) is 0 Å². The first-order chi connectivity index (χ1) is 9.62. The van der Waals surface area contributed by atoms with Crippen LogP contribution < -0.4 is 11.1 Å². The van der Waals surface area contributed by atoms with Crippen molar-refractivity contribution in [3.05, 3.63) is 53.6 Å². The van der Waals surface area contributed by atoms with Gasteiger partial charge in [-0.25, -0.2) is 4.98 Å². The lowest BCUT2D eigenvalue weighted by Gasteiger charge is -2.30. The number of nitrogens with zero attached hydrogens (tertiary/aromatic N) is 1. The van der Waals surface area contributed by atoms with Crippen LogP contribution >= 0.6 is 0 Å². The minimum Gasteiger partial charge on any atom is -0.373 e. The third-order valence-electron chi connectivity index (χ3n) is 3.81. The van der Waals surface area contributed by atoms with Gasteiger partial charge in [0.1, 0.15) is 5.82 Å². The fraction of sp³-hybridized carbons (Fsp3) is 0.235. The third kappa shape index (κ3) is 2.10. The van der Waals surface area contributed by atoms with Gasteiger partial charge in [-0.15, -0.1) is 0 Å². The molecule has 3 heteroatoms. The normalized spacial score (nSPS) is 20.6. The van der Waals surface area contributed by atoms with Gasteiger partial charge in [0.05, 0.1) is 5.69 Å². The van der Waals surface area contributed by atoms with Gasteiger partial charge in [-0.2, -0.15) is 0 Å². The largest absolute Gasteiger partial charge is 0.373 e. The zero-order valence-corrected chi connectivity index (χ0v) is 11.9. The number of nitrogens with two attached hydrogens (primary N) is 1. The van der Waals surface area contributed by atoms with Gasteiger partial charge in [0, 0.05) is 23.7 Å². The first kappa shape index (κ1) is 12.9. The molecule has 0 amide bonds. The van der Waals surface area contributed by atoms with Crippen molar-refractivity contribution in [2.24, 2.45) is 5.73 Å². The average Bonchev–Trinajstić information content (AvgIpc) is 2.47. The highest BCUT2D eigenvalue weighted by Crippen LogP contribution is 2.36. The van der Waals surface area contributed by atoms with E-state index in [4.69, 9.17) is 10.7 Å². The minimum absolute atomic E-state index is 0.345. The molecule has 0 radical (unpaired) electrons. The van der Waals surface area contributed by atoms with E-state index in [1.165, 1.54) is 0 Å². The van der Waals surface area contributed by atoms with Crippen LogP contribution in [0.25, 0.3) is 17.3 Å². The molecule has 0 bridgehead atoms. The molecule has 0 saturated heterocycles.